The van der Waals surface area contributed by atoms with Crippen molar-refractivity contribution < 1.29 is 13.2 Å². The van der Waals surface area contributed by atoms with Crippen LogP contribution in [0.4, 0.5) is 22.3 Å². The molecule has 168 valence electrons. The third kappa shape index (κ3) is 5.07. The second-order valence-corrected chi connectivity index (χ2v) is 10.5. The van der Waals surface area contributed by atoms with Crippen LogP contribution in [0.15, 0.2) is 72.9 Å². The van der Waals surface area contributed by atoms with Crippen molar-refractivity contribution in [1.29, 1.82) is 0 Å². The van der Waals surface area contributed by atoms with Gasteiger partial charge in [-0.25, -0.2) is 18.4 Å². The molecule has 4 N–H and O–H groups in total. The second kappa shape index (κ2) is 8.72. The molecule has 1 saturated carbocycles. The predicted octanol–water partition coefficient (Wildman–Crippen LogP) is 5.23. The Morgan fingerprint density at radius 1 is 1.00 bits per heavy atom. The van der Waals surface area contributed by atoms with E-state index in [1.807, 2.05) is 36.4 Å². The van der Waals surface area contributed by atoms with Gasteiger partial charge in [0.2, 0.25) is 15.1 Å². The van der Waals surface area contributed by atoms with Crippen LogP contribution in [0.3, 0.4) is 0 Å². The molecule has 0 saturated heterocycles. The SMILES string of the molecule is Nc1nc(-c2ccccc2)c(Oc2ccnc(Nc3cccc(NS(=O)(=O)C4CC4)c3)c2)s1. The normalized spacial score (nSPS) is 13.5. The molecule has 0 atom stereocenters. The first kappa shape index (κ1) is 21.2. The number of hydrogen-bond acceptors (Lipinski definition) is 8. The van der Waals surface area contributed by atoms with Gasteiger partial charge in [-0.05, 0) is 37.1 Å². The summed E-state index contributed by atoms with van der Waals surface area (Å²) in [5, 5.41) is 3.91. The lowest BCUT2D eigenvalue weighted by molar-refractivity contribution is 0.496. The fourth-order valence-electron chi connectivity index (χ4n) is 3.25. The zero-order valence-electron chi connectivity index (χ0n) is 17.4. The first-order valence-corrected chi connectivity index (χ1v) is 12.7. The van der Waals surface area contributed by atoms with Crippen molar-refractivity contribution in [3.63, 3.8) is 0 Å². The number of anilines is 4. The number of nitrogens with zero attached hydrogens (tertiary/aromatic N) is 2. The monoisotopic (exact) mass is 479 g/mol. The summed E-state index contributed by atoms with van der Waals surface area (Å²) in [5.74, 6) is 1.12. The predicted molar refractivity (Wildman–Crippen MR) is 132 cm³/mol. The average molecular weight is 480 g/mol. The molecule has 8 nitrogen and oxygen atoms in total. The maximum atomic E-state index is 12.2. The van der Waals surface area contributed by atoms with Crippen molar-refractivity contribution >= 4 is 43.7 Å². The van der Waals surface area contributed by atoms with Crippen LogP contribution in [0, 0.1) is 0 Å². The van der Waals surface area contributed by atoms with Crippen LogP contribution in [0.25, 0.3) is 11.3 Å². The van der Waals surface area contributed by atoms with Gasteiger partial charge in [-0.3, -0.25) is 4.72 Å². The highest BCUT2D eigenvalue weighted by Crippen LogP contribution is 2.39. The third-order valence-corrected chi connectivity index (χ3v) is 7.59. The molecule has 0 radical (unpaired) electrons. The number of ether oxygens (including phenoxy) is 1. The topological polar surface area (TPSA) is 119 Å². The number of nitrogen functional groups attached to an aromatic ring is 1. The molecule has 0 bridgehead atoms. The van der Waals surface area contributed by atoms with Crippen LogP contribution in [0.5, 0.6) is 10.8 Å². The molecule has 10 heteroatoms. The summed E-state index contributed by atoms with van der Waals surface area (Å²) in [6, 6.07) is 20.3. The number of thiazole rings is 1. The molecular weight excluding hydrogens is 458 g/mol. The fraction of sp³-hybridized carbons (Fsp3) is 0.130. The Labute approximate surface area is 195 Å². The van der Waals surface area contributed by atoms with Crippen molar-refractivity contribution in [2.24, 2.45) is 0 Å². The summed E-state index contributed by atoms with van der Waals surface area (Å²) >= 11 is 1.27. The molecule has 1 aliphatic rings. The molecule has 1 aliphatic carbocycles. The molecular formula is C23H21N5O3S2. The maximum Gasteiger partial charge on any atom is 0.235 e. The van der Waals surface area contributed by atoms with E-state index in [1.54, 1.807) is 36.5 Å². The zero-order chi connectivity index (χ0) is 22.8. The summed E-state index contributed by atoms with van der Waals surface area (Å²) in [5.41, 5.74) is 8.74. The fourth-order valence-corrected chi connectivity index (χ4v) is 5.36. The van der Waals surface area contributed by atoms with Crippen LogP contribution in [-0.4, -0.2) is 23.6 Å². The van der Waals surface area contributed by atoms with Gasteiger partial charge in [0.1, 0.15) is 17.3 Å². The van der Waals surface area contributed by atoms with E-state index >= 15 is 0 Å². The molecule has 0 amide bonds. The summed E-state index contributed by atoms with van der Waals surface area (Å²) in [6.07, 6.45) is 3.05. The van der Waals surface area contributed by atoms with Crippen LogP contribution < -0.4 is 20.5 Å². The van der Waals surface area contributed by atoms with E-state index in [2.05, 4.69) is 20.0 Å². The van der Waals surface area contributed by atoms with E-state index in [0.717, 1.165) is 5.56 Å². The first-order chi connectivity index (χ1) is 16.0. The van der Waals surface area contributed by atoms with Gasteiger partial charge in [-0.2, -0.15) is 0 Å². The van der Waals surface area contributed by atoms with Gasteiger partial charge in [0.25, 0.3) is 0 Å². The average Bonchev–Trinajstić information content (AvgIpc) is 3.59. The van der Waals surface area contributed by atoms with Crippen LogP contribution >= 0.6 is 11.3 Å². The smallest absolute Gasteiger partial charge is 0.235 e. The highest BCUT2D eigenvalue weighted by Gasteiger charge is 2.35. The molecule has 2 aromatic carbocycles. The Kier molecular flexibility index (Phi) is 5.61. The minimum absolute atomic E-state index is 0.286. The molecule has 2 heterocycles. The molecule has 1 fully saturated rings. The minimum Gasteiger partial charge on any atom is -0.444 e. The van der Waals surface area contributed by atoms with E-state index < -0.39 is 10.0 Å². The van der Waals surface area contributed by atoms with Gasteiger partial charge in [-0.15, -0.1) is 0 Å². The number of pyridine rings is 1. The molecule has 2 aromatic heterocycles. The summed E-state index contributed by atoms with van der Waals surface area (Å²) in [4.78, 5) is 8.74. The van der Waals surface area contributed by atoms with E-state index in [4.69, 9.17) is 10.5 Å². The summed E-state index contributed by atoms with van der Waals surface area (Å²) in [6.45, 7) is 0. The summed E-state index contributed by atoms with van der Waals surface area (Å²) in [7, 11) is -3.32. The molecule has 33 heavy (non-hydrogen) atoms. The number of sulfonamides is 1. The number of nitrogens with one attached hydrogen (secondary N) is 2. The lowest BCUT2D eigenvalue weighted by atomic mass is 10.2. The lowest BCUT2D eigenvalue weighted by Gasteiger charge is -2.11. The van der Waals surface area contributed by atoms with Gasteiger partial charge in [0.05, 0.1) is 10.9 Å². The molecule has 4 aromatic rings. The maximum absolute atomic E-state index is 12.2. The Hall–Kier alpha value is -3.63. The number of hydrogen-bond donors (Lipinski definition) is 3. The zero-order valence-corrected chi connectivity index (χ0v) is 19.1. The molecule has 0 spiro atoms. The van der Waals surface area contributed by atoms with Crippen molar-refractivity contribution in [3.8, 4) is 22.1 Å². The van der Waals surface area contributed by atoms with Gasteiger partial charge < -0.3 is 15.8 Å². The van der Waals surface area contributed by atoms with Crippen LogP contribution in [0.2, 0.25) is 0 Å². The van der Waals surface area contributed by atoms with E-state index in [1.165, 1.54) is 11.3 Å². The number of benzene rings is 2. The molecule has 0 aliphatic heterocycles. The highest BCUT2D eigenvalue weighted by atomic mass is 32.2. The number of rotatable bonds is 8. The van der Waals surface area contributed by atoms with Crippen LogP contribution in [-0.2, 0) is 10.0 Å². The second-order valence-electron chi connectivity index (χ2n) is 7.59. The number of nitrogens with two attached hydrogens (primary N) is 1. The highest BCUT2D eigenvalue weighted by molar-refractivity contribution is 7.93. The molecule has 0 unspecified atom stereocenters. The van der Waals surface area contributed by atoms with Gasteiger partial charge in [-0.1, -0.05) is 47.7 Å². The van der Waals surface area contributed by atoms with Crippen molar-refractivity contribution in [2.45, 2.75) is 18.1 Å². The lowest BCUT2D eigenvalue weighted by Crippen LogP contribution is -2.17. The van der Waals surface area contributed by atoms with Crippen molar-refractivity contribution in [2.75, 3.05) is 15.8 Å². The van der Waals surface area contributed by atoms with Crippen molar-refractivity contribution in [1.82, 2.24) is 9.97 Å². The minimum atomic E-state index is -3.32. The molecule has 5 rings (SSSR count). The van der Waals surface area contributed by atoms with Gasteiger partial charge in [0.15, 0.2) is 5.13 Å². The first-order valence-electron chi connectivity index (χ1n) is 10.3. The Balaban J connectivity index is 1.33. The van der Waals surface area contributed by atoms with E-state index in [0.29, 0.717) is 51.7 Å². The summed E-state index contributed by atoms with van der Waals surface area (Å²) < 4.78 is 33.2. The van der Waals surface area contributed by atoms with Crippen molar-refractivity contribution in [3.05, 3.63) is 72.9 Å². The van der Waals surface area contributed by atoms with Gasteiger partial charge >= 0.3 is 0 Å². The largest absolute Gasteiger partial charge is 0.444 e. The number of aromatic nitrogens is 2. The Bertz CT molecular complexity index is 1390. The Morgan fingerprint density at radius 2 is 1.79 bits per heavy atom. The standard InChI is InChI=1S/C23H21N5O3S2/c24-23-27-21(15-5-2-1-3-6-15)22(32-23)31-18-11-12-25-20(14-18)26-16-7-4-8-17(13-16)28-33(29,30)19-9-10-19/h1-8,11-14,19,28H,9-10H2,(H2,24,27)(H,25,26). The third-order valence-electron chi connectivity index (χ3n) is 4.96. The Morgan fingerprint density at radius 3 is 2.58 bits per heavy atom. The van der Waals surface area contributed by atoms with Crippen LogP contribution in [0.1, 0.15) is 12.8 Å². The van der Waals surface area contributed by atoms with E-state index in [9.17, 15) is 8.42 Å². The van der Waals surface area contributed by atoms with E-state index in [-0.39, 0.29) is 5.25 Å². The quantitative estimate of drug-likeness (QED) is 0.317. The van der Waals surface area contributed by atoms with Gasteiger partial charge in [0, 0.05) is 23.5 Å².